The van der Waals surface area contributed by atoms with E-state index in [2.05, 4.69) is 4.98 Å². The molecule has 1 aliphatic heterocycles. The van der Waals surface area contributed by atoms with Gasteiger partial charge in [-0.2, -0.15) is 4.31 Å². The number of rotatable bonds is 5. The topological polar surface area (TPSA) is 79.8 Å². The highest BCUT2D eigenvalue weighted by molar-refractivity contribution is 7.89. The highest BCUT2D eigenvalue weighted by atomic mass is 35.5. The summed E-state index contributed by atoms with van der Waals surface area (Å²) in [6.45, 7) is 3.79. The molecule has 1 aromatic carbocycles. The van der Waals surface area contributed by atoms with Gasteiger partial charge in [0.1, 0.15) is 10.7 Å². The van der Waals surface area contributed by atoms with Gasteiger partial charge >= 0.3 is 5.97 Å². The van der Waals surface area contributed by atoms with E-state index in [9.17, 15) is 13.2 Å². The Bertz CT molecular complexity index is 983. The number of ether oxygens (including phenoxy) is 1. The van der Waals surface area contributed by atoms with Crippen LogP contribution in [-0.4, -0.2) is 56.5 Å². The molecule has 1 aliphatic rings. The Morgan fingerprint density at radius 2 is 1.93 bits per heavy atom. The minimum Gasteiger partial charge on any atom is -0.462 e. The first kappa shape index (κ1) is 21.8. The molecule has 0 amide bonds. The highest BCUT2D eigenvalue weighted by Crippen LogP contribution is 2.28. The molecule has 2 aromatic rings. The quantitative estimate of drug-likeness (QED) is 0.639. The van der Waals surface area contributed by atoms with Crippen LogP contribution < -0.4 is 4.90 Å². The van der Waals surface area contributed by atoms with Crippen LogP contribution in [0.5, 0.6) is 0 Å². The summed E-state index contributed by atoms with van der Waals surface area (Å²) in [5.41, 5.74) is 0.380. The monoisotopic (exact) mass is 457 g/mol. The summed E-state index contributed by atoms with van der Waals surface area (Å²) in [5, 5.41) is 0.460. The van der Waals surface area contributed by atoms with Gasteiger partial charge in [-0.05, 0) is 43.7 Å². The van der Waals surface area contributed by atoms with Crippen LogP contribution in [0, 0.1) is 0 Å². The van der Waals surface area contributed by atoms with Crippen LogP contribution >= 0.6 is 23.2 Å². The first-order chi connectivity index (χ1) is 13.8. The molecule has 7 nitrogen and oxygen atoms in total. The Balaban J connectivity index is 1.73. The minimum atomic E-state index is -3.76. The fourth-order valence-electron chi connectivity index (χ4n) is 3.09. The van der Waals surface area contributed by atoms with Crippen molar-refractivity contribution in [2.24, 2.45) is 0 Å². The fraction of sp³-hybridized carbons (Fsp3) is 0.368. The molecule has 0 radical (unpaired) electrons. The molecule has 1 aromatic heterocycles. The predicted molar refractivity (Wildman–Crippen MR) is 112 cm³/mol. The van der Waals surface area contributed by atoms with Crippen molar-refractivity contribution in [2.45, 2.75) is 18.2 Å². The van der Waals surface area contributed by atoms with Crippen LogP contribution in [0.25, 0.3) is 0 Å². The van der Waals surface area contributed by atoms with Gasteiger partial charge in [0.2, 0.25) is 10.0 Å². The first-order valence-corrected chi connectivity index (χ1v) is 11.4. The predicted octanol–water partition coefficient (Wildman–Crippen LogP) is 3.47. The molecule has 3 rings (SSSR count). The van der Waals surface area contributed by atoms with E-state index in [1.807, 2.05) is 4.90 Å². The highest BCUT2D eigenvalue weighted by Gasteiger charge is 2.29. The number of halogens is 2. The normalized spacial score (nSPS) is 15.8. The summed E-state index contributed by atoms with van der Waals surface area (Å²) < 4.78 is 32.4. The lowest BCUT2D eigenvalue weighted by Gasteiger charge is -2.23. The molecular weight excluding hydrogens is 437 g/mol. The molecule has 156 valence electrons. The Morgan fingerprint density at radius 1 is 1.14 bits per heavy atom. The lowest BCUT2D eigenvalue weighted by atomic mass is 10.2. The average Bonchev–Trinajstić information content (AvgIpc) is 2.97. The second kappa shape index (κ2) is 9.30. The van der Waals surface area contributed by atoms with Gasteiger partial charge in [-0.3, -0.25) is 0 Å². The largest absolute Gasteiger partial charge is 0.462 e. The molecule has 0 N–H and O–H groups in total. The van der Waals surface area contributed by atoms with E-state index in [0.29, 0.717) is 49.1 Å². The van der Waals surface area contributed by atoms with Gasteiger partial charge in [0, 0.05) is 37.4 Å². The maximum atomic E-state index is 13.0. The number of pyridine rings is 1. The molecule has 0 atom stereocenters. The lowest BCUT2D eigenvalue weighted by molar-refractivity contribution is 0.0526. The Hall–Kier alpha value is -1.87. The van der Waals surface area contributed by atoms with Crippen LogP contribution in [0.4, 0.5) is 5.82 Å². The van der Waals surface area contributed by atoms with Gasteiger partial charge in [-0.15, -0.1) is 0 Å². The summed E-state index contributed by atoms with van der Waals surface area (Å²) in [5.74, 6) is 0.260. The number of hydrogen-bond acceptors (Lipinski definition) is 6. The third kappa shape index (κ3) is 5.01. The van der Waals surface area contributed by atoms with Gasteiger partial charge in [-0.1, -0.05) is 23.2 Å². The molecule has 0 aliphatic carbocycles. The maximum absolute atomic E-state index is 13.0. The number of anilines is 1. The number of sulfonamides is 1. The number of hydrogen-bond donors (Lipinski definition) is 0. The second-order valence-electron chi connectivity index (χ2n) is 6.44. The zero-order valence-corrected chi connectivity index (χ0v) is 18.2. The average molecular weight is 458 g/mol. The summed E-state index contributed by atoms with van der Waals surface area (Å²) >= 11 is 12.1. The third-order valence-corrected chi connectivity index (χ3v) is 7.16. The number of carbonyl (C=O) groups excluding carboxylic acids is 1. The molecule has 0 bridgehead atoms. The number of benzene rings is 1. The van der Waals surface area contributed by atoms with Gasteiger partial charge < -0.3 is 9.64 Å². The molecular formula is C19H21Cl2N3O4S. The molecule has 0 spiro atoms. The fourth-order valence-corrected chi connectivity index (χ4v) is 5.29. The van der Waals surface area contributed by atoms with E-state index in [-0.39, 0.29) is 16.5 Å². The van der Waals surface area contributed by atoms with Gasteiger partial charge in [0.05, 0.1) is 17.2 Å². The van der Waals surface area contributed by atoms with Crippen molar-refractivity contribution < 1.29 is 17.9 Å². The van der Waals surface area contributed by atoms with Crippen molar-refractivity contribution in [2.75, 3.05) is 37.7 Å². The van der Waals surface area contributed by atoms with Crippen molar-refractivity contribution in [3.05, 3.63) is 52.1 Å². The van der Waals surface area contributed by atoms with E-state index >= 15 is 0 Å². The summed E-state index contributed by atoms with van der Waals surface area (Å²) in [4.78, 5) is 18.1. The van der Waals surface area contributed by atoms with Crippen LogP contribution in [-0.2, 0) is 14.8 Å². The van der Waals surface area contributed by atoms with Crippen LogP contribution in [0.1, 0.15) is 23.7 Å². The van der Waals surface area contributed by atoms with E-state index in [1.54, 1.807) is 25.1 Å². The summed E-state index contributed by atoms with van der Waals surface area (Å²) in [7, 11) is -3.76. The standard InChI is InChI=1S/C19H21Cl2N3O4S/c1-2-28-19(25)14-4-7-18(22-13-14)23-8-3-9-24(11-10-23)29(26,27)17-12-15(20)5-6-16(17)21/h4-7,12-13H,2-3,8-11H2,1H3. The molecule has 2 heterocycles. The number of esters is 1. The SMILES string of the molecule is CCOC(=O)c1ccc(N2CCCN(S(=O)(=O)c3cc(Cl)ccc3Cl)CC2)nc1. The van der Waals surface area contributed by atoms with Gasteiger partial charge in [0.25, 0.3) is 0 Å². The second-order valence-corrected chi connectivity index (χ2v) is 9.19. The molecule has 0 saturated carbocycles. The van der Waals surface area contributed by atoms with E-state index in [0.717, 1.165) is 0 Å². The van der Waals surface area contributed by atoms with E-state index in [4.69, 9.17) is 27.9 Å². The van der Waals surface area contributed by atoms with Crippen molar-refractivity contribution in [3.8, 4) is 0 Å². The molecule has 1 fully saturated rings. The van der Waals surface area contributed by atoms with Crippen LogP contribution in [0.2, 0.25) is 10.0 Å². The number of carbonyl (C=O) groups is 1. The Morgan fingerprint density at radius 3 is 2.62 bits per heavy atom. The zero-order chi connectivity index (χ0) is 21.0. The zero-order valence-electron chi connectivity index (χ0n) is 15.8. The van der Waals surface area contributed by atoms with Crippen LogP contribution in [0.3, 0.4) is 0 Å². The van der Waals surface area contributed by atoms with E-state index < -0.39 is 16.0 Å². The van der Waals surface area contributed by atoms with Crippen molar-refractivity contribution >= 4 is 45.0 Å². The Kier molecular flexibility index (Phi) is 7.00. The Labute approximate surface area is 180 Å². The summed E-state index contributed by atoms with van der Waals surface area (Å²) in [6, 6.07) is 7.81. The van der Waals surface area contributed by atoms with Crippen molar-refractivity contribution in [1.82, 2.24) is 9.29 Å². The van der Waals surface area contributed by atoms with Gasteiger partial charge in [-0.25, -0.2) is 18.2 Å². The smallest absolute Gasteiger partial charge is 0.339 e. The molecule has 1 saturated heterocycles. The maximum Gasteiger partial charge on any atom is 0.339 e. The minimum absolute atomic E-state index is 0.0111. The van der Waals surface area contributed by atoms with Gasteiger partial charge in [0.15, 0.2) is 0 Å². The molecule has 29 heavy (non-hydrogen) atoms. The number of aromatic nitrogens is 1. The molecule has 0 unspecified atom stereocenters. The van der Waals surface area contributed by atoms with Crippen molar-refractivity contribution in [1.29, 1.82) is 0 Å². The lowest BCUT2D eigenvalue weighted by Crippen LogP contribution is -2.35. The van der Waals surface area contributed by atoms with Crippen molar-refractivity contribution in [3.63, 3.8) is 0 Å². The van der Waals surface area contributed by atoms with Crippen LogP contribution in [0.15, 0.2) is 41.4 Å². The summed E-state index contributed by atoms with van der Waals surface area (Å²) in [6.07, 6.45) is 2.09. The number of nitrogens with zero attached hydrogens (tertiary/aromatic N) is 3. The molecule has 10 heteroatoms. The third-order valence-electron chi connectivity index (χ3n) is 4.55. The van der Waals surface area contributed by atoms with E-state index in [1.165, 1.54) is 22.6 Å². The first-order valence-electron chi connectivity index (χ1n) is 9.16.